The first-order valence-electron chi connectivity index (χ1n) is 11.6. The minimum absolute atomic E-state index is 0.00100. The number of benzene rings is 2. The van der Waals surface area contributed by atoms with Gasteiger partial charge in [0.15, 0.2) is 0 Å². The van der Waals surface area contributed by atoms with E-state index in [1.807, 2.05) is 0 Å². The van der Waals surface area contributed by atoms with Crippen LogP contribution in [0, 0.1) is 17.3 Å². The summed E-state index contributed by atoms with van der Waals surface area (Å²) in [4.78, 5) is 26.3. The molecule has 0 heterocycles. The van der Waals surface area contributed by atoms with Gasteiger partial charge in [0.2, 0.25) is 5.91 Å². The molecule has 168 valence electrons. The Hall–Kier alpha value is -2.82. The SMILES string of the molecule is COC(=O)[C@@H](Cc1ccc(O)cc1)NC(=O)C12C[C@@H]3C[C@@H](C1)CC(c1ccccc1)(C3)C2. The Labute approximate surface area is 189 Å². The van der Waals surface area contributed by atoms with Gasteiger partial charge in [0.05, 0.1) is 12.5 Å². The highest BCUT2D eigenvalue weighted by molar-refractivity contribution is 5.88. The van der Waals surface area contributed by atoms with Crippen molar-refractivity contribution in [1.29, 1.82) is 0 Å². The van der Waals surface area contributed by atoms with Gasteiger partial charge in [0, 0.05) is 6.42 Å². The fourth-order valence-corrected chi connectivity index (χ4v) is 7.17. The molecule has 4 fully saturated rings. The molecule has 0 aliphatic heterocycles. The second-order valence-electron chi connectivity index (χ2n) is 10.3. The van der Waals surface area contributed by atoms with Crippen LogP contribution in [0.15, 0.2) is 54.6 Å². The van der Waals surface area contributed by atoms with E-state index in [1.54, 1.807) is 24.3 Å². The molecule has 0 aromatic heterocycles. The summed E-state index contributed by atoms with van der Waals surface area (Å²) in [7, 11) is 1.35. The van der Waals surface area contributed by atoms with Gasteiger partial charge < -0.3 is 15.2 Å². The van der Waals surface area contributed by atoms with Crippen LogP contribution in [0.5, 0.6) is 5.75 Å². The van der Waals surface area contributed by atoms with Gasteiger partial charge in [-0.3, -0.25) is 4.79 Å². The van der Waals surface area contributed by atoms with E-state index in [0.717, 1.165) is 37.7 Å². The maximum atomic E-state index is 13.8. The number of rotatable bonds is 6. The molecule has 5 heteroatoms. The van der Waals surface area contributed by atoms with E-state index in [-0.39, 0.29) is 17.1 Å². The summed E-state index contributed by atoms with van der Waals surface area (Å²) in [6.45, 7) is 0. The first-order valence-corrected chi connectivity index (χ1v) is 11.6. The quantitative estimate of drug-likeness (QED) is 0.672. The van der Waals surface area contributed by atoms with Gasteiger partial charge in [-0.1, -0.05) is 42.5 Å². The molecular weight excluding hydrogens is 402 g/mol. The Morgan fingerprint density at radius 3 is 2.31 bits per heavy atom. The van der Waals surface area contributed by atoms with Crippen molar-refractivity contribution >= 4 is 11.9 Å². The molecule has 0 radical (unpaired) electrons. The molecule has 4 aliphatic rings. The van der Waals surface area contributed by atoms with Crippen LogP contribution in [-0.4, -0.2) is 30.1 Å². The number of esters is 1. The highest BCUT2D eigenvalue weighted by Crippen LogP contribution is 2.65. The van der Waals surface area contributed by atoms with Crippen LogP contribution in [0.2, 0.25) is 0 Å². The van der Waals surface area contributed by atoms with Crippen molar-refractivity contribution in [3.8, 4) is 5.75 Å². The largest absolute Gasteiger partial charge is 0.508 e. The van der Waals surface area contributed by atoms with E-state index in [2.05, 4.69) is 35.6 Å². The topological polar surface area (TPSA) is 75.6 Å². The summed E-state index contributed by atoms with van der Waals surface area (Å²) in [5, 5.41) is 12.6. The number of hydrogen-bond acceptors (Lipinski definition) is 4. The summed E-state index contributed by atoms with van der Waals surface area (Å²) in [5.41, 5.74) is 1.88. The molecule has 5 nitrogen and oxygen atoms in total. The lowest BCUT2D eigenvalue weighted by Crippen LogP contribution is -2.60. The molecule has 2 N–H and O–H groups in total. The molecule has 0 saturated heterocycles. The lowest BCUT2D eigenvalue weighted by atomic mass is 9.42. The predicted octanol–water partition coefficient (Wildman–Crippen LogP) is 4.13. The van der Waals surface area contributed by atoms with Crippen molar-refractivity contribution in [3.63, 3.8) is 0 Å². The number of carbonyl (C=O) groups is 2. The average molecular weight is 434 g/mol. The zero-order valence-corrected chi connectivity index (χ0v) is 18.5. The number of phenols is 1. The monoisotopic (exact) mass is 433 g/mol. The Kier molecular flexibility index (Phi) is 5.23. The van der Waals surface area contributed by atoms with Gasteiger partial charge in [0.25, 0.3) is 0 Å². The lowest BCUT2D eigenvalue weighted by molar-refractivity contribution is -0.154. The van der Waals surface area contributed by atoms with E-state index in [0.29, 0.717) is 18.3 Å². The normalized spacial score (nSPS) is 31.2. The van der Waals surface area contributed by atoms with Crippen molar-refractivity contribution < 1.29 is 19.4 Å². The predicted molar refractivity (Wildman–Crippen MR) is 121 cm³/mol. The first-order chi connectivity index (χ1) is 15.4. The minimum Gasteiger partial charge on any atom is -0.508 e. The molecule has 0 spiro atoms. The zero-order chi connectivity index (χ0) is 22.3. The first kappa shape index (κ1) is 21.0. The number of hydrogen-bond donors (Lipinski definition) is 2. The van der Waals surface area contributed by atoms with Crippen molar-refractivity contribution in [1.82, 2.24) is 5.32 Å². The Balaban J connectivity index is 1.40. The lowest BCUT2D eigenvalue weighted by Gasteiger charge is -2.61. The highest BCUT2D eigenvalue weighted by atomic mass is 16.5. The maximum Gasteiger partial charge on any atom is 0.328 e. The van der Waals surface area contributed by atoms with Gasteiger partial charge in [-0.2, -0.15) is 0 Å². The number of ether oxygens (including phenoxy) is 1. The molecule has 6 rings (SSSR count). The van der Waals surface area contributed by atoms with Crippen LogP contribution in [-0.2, 0) is 26.2 Å². The highest BCUT2D eigenvalue weighted by Gasteiger charge is 2.61. The number of phenolic OH excluding ortho intramolecular Hbond substituents is 1. The van der Waals surface area contributed by atoms with Gasteiger partial charge >= 0.3 is 5.97 Å². The molecule has 32 heavy (non-hydrogen) atoms. The van der Waals surface area contributed by atoms with Crippen LogP contribution in [0.3, 0.4) is 0 Å². The molecule has 4 saturated carbocycles. The van der Waals surface area contributed by atoms with Crippen molar-refractivity contribution in [2.24, 2.45) is 17.3 Å². The molecule has 4 aliphatic carbocycles. The minimum atomic E-state index is -0.738. The third-order valence-electron chi connectivity index (χ3n) is 8.10. The second kappa shape index (κ2) is 7.95. The van der Waals surface area contributed by atoms with Crippen LogP contribution in [0.25, 0.3) is 0 Å². The number of nitrogens with one attached hydrogen (secondary N) is 1. The summed E-state index contributed by atoms with van der Waals surface area (Å²) in [6, 6.07) is 16.7. The van der Waals surface area contributed by atoms with Gasteiger partial charge in [-0.15, -0.1) is 0 Å². The molecule has 2 aromatic carbocycles. The van der Waals surface area contributed by atoms with E-state index < -0.39 is 17.4 Å². The summed E-state index contributed by atoms with van der Waals surface area (Å²) < 4.78 is 5.01. The molecule has 1 amide bonds. The smallest absolute Gasteiger partial charge is 0.328 e. The van der Waals surface area contributed by atoms with Gasteiger partial charge in [-0.25, -0.2) is 4.79 Å². The van der Waals surface area contributed by atoms with Crippen molar-refractivity contribution in [2.45, 2.75) is 56.4 Å². The Bertz CT molecular complexity index is 986. The molecule has 0 unspecified atom stereocenters. The van der Waals surface area contributed by atoms with Crippen LogP contribution in [0.1, 0.15) is 49.7 Å². The molecule has 4 bridgehead atoms. The number of aromatic hydroxyl groups is 1. The molecule has 2 aromatic rings. The fourth-order valence-electron chi connectivity index (χ4n) is 7.17. The Morgan fingerprint density at radius 2 is 1.69 bits per heavy atom. The van der Waals surface area contributed by atoms with E-state index >= 15 is 0 Å². The van der Waals surface area contributed by atoms with E-state index in [4.69, 9.17) is 4.74 Å². The number of amides is 1. The zero-order valence-electron chi connectivity index (χ0n) is 18.5. The van der Waals surface area contributed by atoms with Gasteiger partial charge in [-0.05, 0) is 79.0 Å². The standard InChI is InChI=1S/C27H31NO4/c1-32-24(30)23(12-18-7-9-22(29)10-8-18)28-25(31)27-15-19-11-20(16-27)14-26(13-19,17-27)21-5-3-2-4-6-21/h2-10,19-20,23,29H,11-17H2,1H3,(H,28,31)/t19-,20-,23-,26?,27?/m1/s1. The number of methoxy groups -OCH3 is 1. The second-order valence-corrected chi connectivity index (χ2v) is 10.3. The summed E-state index contributed by atoms with van der Waals surface area (Å²) >= 11 is 0. The third kappa shape index (κ3) is 3.68. The van der Waals surface area contributed by atoms with Crippen molar-refractivity contribution in [3.05, 3.63) is 65.7 Å². The van der Waals surface area contributed by atoms with Crippen LogP contribution < -0.4 is 5.32 Å². The van der Waals surface area contributed by atoms with Crippen molar-refractivity contribution in [2.75, 3.05) is 7.11 Å². The van der Waals surface area contributed by atoms with Gasteiger partial charge in [0.1, 0.15) is 11.8 Å². The van der Waals surface area contributed by atoms with E-state index in [9.17, 15) is 14.7 Å². The average Bonchev–Trinajstić information content (AvgIpc) is 2.79. The maximum absolute atomic E-state index is 13.8. The van der Waals surface area contributed by atoms with Crippen LogP contribution in [0.4, 0.5) is 0 Å². The third-order valence-corrected chi connectivity index (χ3v) is 8.10. The van der Waals surface area contributed by atoms with E-state index in [1.165, 1.54) is 19.1 Å². The number of carbonyl (C=O) groups excluding carboxylic acids is 2. The van der Waals surface area contributed by atoms with Crippen LogP contribution >= 0.6 is 0 Å². The summed E-state index contributed by atoms with van der Waals surface area (Å²) in [5.74, 6) is 0.869. The summed E-state index contributed by atoms with van der Waals surface area (Å²) in [6.07, 6.45) is 6.57. The molecular formula is C27H31NO4. The fraction of sp³-hybridized carbons (Fsp3) is 0.481. The Morgan fingerprint density at radius 1 is 1.03 bits per heavy atom. The molecule has 3 atom stereocenters.